The second-order valence-electron chi connectivity index (χ2n) is 5.53. The largest absolute Gasteiger partial charge is 0.480 e. The number of para-hydroxylation sites is 1. The van der Waals surface area contributed by atoms with E-state index in [-0.39, 0.29) is 0 Å². The van der Waals surface area contributed by atoms with Crippen LogP contribution in [0.5, 0.6) is 0 Å². The molecule has 1 atom stereocenters. The molecule has 104 valence electrons. The van der Waals surface area contributed by atoms with E-state index in [1.54, 1.807) is 0 Å². The number of nitrogens with zero attached hydrogens (tertiary/aromatic N) is 1. The predicted octanol–water partition coefficient (Wildman–Crippen LogP) is 2.29. The van der Waals surface area contributed by atoms with E-state index in [1.165, 1.54) is 0 Å². The van der Waals surface area contributed by atoms with Gasteiger partial charge in [-0.25, -0.2) is 0 Å². The molecule has 1 aliphatic heterocycles. The zero-order valence-electron chi connectivity index (χ0n) is 11.5. The standard InChI is InChI=1S/C16H18N2O2/c1-11-9-12(13-5-2-3-6-14(13)18-11)10-16(15(19)20)7-4-8-17-16/h2-3,5-6,9,17H,4,7-8,10H2,1H3,(H,19,20). The topological polar surface area (TPSA) is 62.2 Å². The maximum absolute atomic E-state index is 11.7. The summed E-state index contributed by atoms with van der Waals surface area (Å²) in [5.41, 5.74) is 2.10. The zero-order valence-corrected chi connectivity index (χ0v) is 11.5. The van der Waals surface area contributed by atoms with Crippen LogP contribution < -0.4 is 5.32 Å². The Morgan fingerprint density at radius 1 is 1.45 bits per heavy atom. The first-order valence-electron chi connectivity index (χ1n) is 6.94. The number of rotatable bonds is 3. The molecular weight excluding hydrogens is 252 g/mol. The number of nitrogens with one attached hydrogen (secondary N) is 1. The van der Waals surface area contributed by atoms with Gasteiger partial charge in [0.1, 0.15) is 5.54 Å². The summed E-state index contributed by atoms with van der Waals surface area (Å²) in [5, 5.41) is 13.8. The quantitative estimate of drug-likeness (QED) is 0.898. The Morgan fingerprint density at radius 2 is 2.25 bits per heavy atom. The van der Waals surface area contributed by atoms with Gasteiger partial charge in [0.25, 0.3) is 0 Å². The van der Waals surface area contributed by atoms with Gasteiger partial charge in [0, 0.05) is 17.5 Å². The zero-order chi connectivity index (χ0) is 14.2. The van der Waals surface area contributed by atoms with Crippen LogP contribution in [0.3, 0.4) is 0 Å². The Kier molecular flexibility index (Phi) is 3.18. The van der Waals surface area contributed by atoms with Crippen LogP contribution in [0.4, 0.5) is 0 Å². The van der Waals surface area contributed by atoms with E-state index in [0.29, 0.717) is 12.8 Å². The lowest BCUT2D eigenvalue weighted by Gasteiger charge is -2.25. The Morgan fingerprint density at radius 3 is 2.95 bits per heavy atom. The van der Waals surface area contributed by atoms with Crippen LogP contribution >= 0.6 is 0 Å². The second kappa shape index (κ2) is 4.87. The fraction of sp³-hybridized carbons (Fsp3) is 0.375. The van der Waals surface area contributed by atoms with E-state index >= 15 is 0 Å². The Balaban J connectivity index is 2.08. The SMILES string of the molecule is Cc1cc(CC2(C(=O)O)CCCN2)c2ccccc2n1. The van der Waals surface area contributed by atoms with Gasteiger partial charge in [-0.2, -0.15) is 0 Å². The Labute approximate surface area is 117 Å². The first kappa shape index (κ1) is 13.1. The molecule has 2 N–H and O–H groups in total. The number of aryl methyl sites for hydroxylation is 1. The number of carboxylic acids is 1. The van der Waals surface area contributed by atoms with E-state index < -0.39 is 11.5 Å². The van der Waals surface area contributed by atoms with E-state index in [9.17, 15) is 9.90 Å². The minimum Gasteiger partial charge on any atom is -0.480 e. The highest BCUT2D eigenvalue weighted by atomic mass is 16.4. The molecule has 1 aromatic heterocycles. The van der Waals surface area contributed by atoms with Crippen LogP contribution in [0.1, 0.15) is 24.1 Å². The van der Waals surface area contributed by atoms with Crippen LogP contribution in [0.15, 0.2) is 30.3 Å². The highest BCUT2D eigenvalue weighted by molar-refractivity contribution is 5.85. The summed E-state index contributed by atoms with van der Waals surface area (Å²) >= 11 is 0. The van der Waals surface area contributed by atoms with Gasteiger partial charge >= 0.3 is 5.97 Å². The number of hydrogen-bond acceptors (Lipinski definition) is 3. The number of aliphatic carboxylic acids is 1. The number of pyridine rings is 1. The molecular formula is C16H18N2O2. The van der Waals surface area contributed by atoms with Crippen molar-refractivity contribution >= 4 is 16.9 Å². The van der Waals surface area contributed by atoms with Crippen LogP contribution in [-0.2, 0) is 11.2 Å². The van der Waals surface area contributed by atoms with Crippen molar-refractivity contribution in [2.24, 2.45) is 0 Å². The van der Waals surface area contributed by atoms with Gasteiger partial charge in [-0.15, -0.1) is 0 Å². The molecule has 1 aliphatic rings. The number of carbonyl (C=O) groups is 1. The molecule has 1 fully saturated rings. The predicted molar refractivity (Wildman–Crippen MR) is 77.8 cm³/mol. The van der Waals surface area contributed by atoms with E-state index in [4.69, 9.17) is 0 Å². The van der Waals surface area contributed by atoms with Crippen molar-refractivity contribution in [1.29, 1.82) is 0 Å². The van der Waals surface area contributed by atoms with Gasteiger partial charge in [-0.1, -0.05) is 18.2 Å². The highest BCUT2D eigenvalue weighted by Crippen LogP contribution is 2.28. The fourth-order valence-electron chi connectivity index (χ4n) is 3.08. The summed E-state index contributed by atoms with van der Waals surface area (Å²) in [4.78, 5) is 16.2. The third kappa shape index (κ3) is 2.16. The molecule has 0 spiro atoms. The van der Waals surface area contributed by atoms with Gasteiger partial charge in [-0.3, -0.25) is 9.78 Å². The molecule has 3 rings (SSSR count). The summed E-state index contributed by atoms with van der Waals surface area (Å²) in [5.74, 6) is -0.756. The lowest BCUT2D eigenvalue weighted by atomic mass is 9.88. The summed E-state index contributed by atoms with van der Waals surface area (Å²) in [7, 11) is 0. The van der Waals surface area contributed by atoms with E-state index in [1.807, 2.05) is 37.3 Å². The molecule has 0 amide bonds. The van der Waals surface area contributed by atoms with Gasteiger partial charge in [0.2, 0.25) is 0 Å². The molecule has 1 unspecified atom stereocenters. The normalized spacial score (nSPS) is 22.2. The summed E-state index contributed by atoms with van der Waals surface area (Å²) < 4.78 is 0. The van der Waals surface area contributed by atoms with E-state index in [0.717, 1.165) is 35.1 Å². The molecule has 0 aliphatic carbocycles. The molecule has 1 aromatic carbocycles. The minimum absolute atomic E-state index is 0.506. The Bertz CT molecular complexity index is 661. The molecule has 2 heterocycles. The van der Waals surface area contributed by atoms with E-state index in [2.05, 4.69) is 10.3 Å². The number of carboxylic acid groups (broad SMARTS) is 1. The number of aromatic nitrogens is 1. The highest BCUT2D eigenvalue weighted by Gasteiger charge is 2.41. The number of hydrogen-bond donors (Lipinski definition) is 2. The molecule has 0 bridgehead atoms. The average molecular weight is 270 g/mol. The smallest absolute Gasteiger partial charge is 0.324 e. The third-order valence-electron chi connectivity index (χ3n) is 4.08. The van der Waals surface area contributed by atoms with Gasteiger partial charge in [0.05, 0.1) is 5.52 Å². The van der Waals surface area contributed by atoms with Crippen LogP contribution in [0.2, 0.25) is 0 Å². The average Bonchev–Trinajstić information content (AvgIpc) is 2.88. The maximum Gasteiger partial charge on any atom is 0.324 e. The number of fused-ring (bicyclic) bond motifs is 1. The lowest BCUT2D eigenvalue weighted by molar-refractivity contribution is -0.144. The third-order valence-corrected chi connectivity index (χ3v) is 4.08. The molecule has 1 saturated heterocycles. The molecule has 20 heavy (non-hydrogen) atoms. The van der Waals surface area contributed by atoms with Crippen molar-refractivity contribution in [3.8, 4) is 0 Å². The van der Waals surface area contributed by atoms with Crippen molar-refractivity contribution < 1.29 is 9.90 Å². The van der Waals surface area contributed by atoms with Crippen LogP contribution in [0, 0.1) is 6.92 Å². The Hall–Kier alpha value is -1.94. The first-order valence-corrected chi connectivity index (χ1v) is 6.94. The molecule has 2 aromatic rings. The van der Waals surface area contributed by atoms with Gasteiger partial charge < -0.3 is 10.4 Å². The maximum atomic E-state index is 11.7. The van der Waals surface area contributed by atoms with Crippen molar-refractivity contribution in [2.45, 2.75) is 31.7 Å². The lowest BCUT2D eigenvalue weighted by Crippen LogP contribution is -2.49. The van der Waals surface area contributed by atoms with Gasteiger partial charge in [-0.05, 0) is 44.0 Å². The monoisotopic (exact) mass is 270 g/mol. The molecule has 4 nitrogen and oxygen atoms in total. The minimum atomic E-state index is -0.823. The van der Waals surface area contributed by atoms with Crippen molar-refractivity contribution in [3.63, 3.8) is 0 Å². The number of benzene rings is 1. The molecule has 4 heteroatoms. The first-order chi connectivity index (χ1) is 9.61. The summed E-state index contributed by atoms with van der Waals surface area (Å²) in [6, 6.07) is 9.92. The molecule has 0 radical (unpaired) electrons. The fourth-order valence-corrected chi connectivity index (χ4v) is 3.08. The molecule has 0 saturated carbocycles. The van der Waals surface area contributed by atoms with Crippen LogP contribution in [0.25, 0.3) is 10.9 Å². The second-order valence-corrected chi connectivity index (χ2v) is 5.53. The summed E-state index contributed by atoms with van der Waals surface area (Å²) in [6.07, 6.45) is 2.10. The summed E-state index contributed by atoms with van der Waals surface area (Å²) in [6.45, 7) is 2.72. The van der Waals surface area contributed by atoms with Gasteiger partial charge in [0.15, 0.2) is 0 Å². The van der Waals surface area contributed by atoms with Crippen molar-refractivity contribution in [3.05, 3.63) is 41.6 Å². The van der Waals surface area contributed by atoms with Crippen molar-refractivity contribution in [1.82, 2.24) is 10.3 Å². The van der Waals surface area contributed by atoms with Crippen molar-refractivity contribution in [2.75, 3.05) is 6.54 Å². The van der Waals surface area contributed by atoms with Crippen LogP contribution in [-0.4, -0.2) is 28.1 Å².